The Bertz CT molecular complexity index is 465. The van der Waals surface area contributed by atoms with Crippen molar-refractivity contribution in [1.29, 1.82) is 0 Å². The second-order valence-corrected chi connectivity index (χ2v) is 5.04. The quantitative estimate of drug-likeness (QED) is 0.938. The summed E-state index contributed by atoms with van der Waals surface area (Å²) in [7, 11) is 0. The Hall–Kier alpha value is -1.03. The first-order valence-electron chi connectivity index (χ1n) is 6.66. The monoisotopic (exact) mass is 313 g/mol. The summed E-state index contributed by atoms with van der Waals surface area (Å²) < 4.78 is 0. The van der Waals surface area contributed by atoms with E-state index in [1.165, 1.54) is 37.2 Å². The maximum Gasteiger partial charge on any atom is 0.0922 e. The lowest BCUT2D eigenvalue weighted by atomic mass is 9.89. The Morgan fingerprint density at radius 1 is 1.10 bits per heavy atom. The van der Waals surface area contributed by atoms with Crippen molar-refractivity contribution in [2.24, 2.45) is 0 Å². The zero-order valence-electron chi connectivity index (χ0n) is 11.4. The maximum absolute atomic E-state index is 4.07. The molecule has 1 saturated heterocycles. The summed E-state index contributed by atoms with van der Waals surface area (Å²) in [5, 5.41) is 0. The van der Waals surface area contributed by atoms with Gasteiger partial charge in [0, 0.05) is 18.4 Å². The summed E-state index contributed by atoms with van der Waals surface area (Å²) in [4.78, 5) is 9.75. The molecular weight excluding hydrogens is 293 g/mol. The molecule has 0 saturated carbocycles. The van der Waals surface area contributed by atoms with Gasteiger partial charge in [0.25, 0.3) is 0 Å². The summed E-state index contributed by atoms with van der Waals surface area (Å²) in [6.07, 6.45) is 6.20. The molecule has 2 aromatic rings. The SMILES string of the molecule is Cl.Cl.c1ccc(C2CCN(Cc3cnc[nH]3)CC2)cc1. The number of hydrogen-bond acceptors (Lipinski definition) is 2. The molecule has 1 fully saturated rings. The van der Waals surface area contributed by atoms with Crippen LogP contribution in [0.2, 0.25) is 0 Å². The lowest BCUT2D eigenvalue weighted by Crippen LogP contribution is -2.32. The van der Waals surface area contributed by atoms with Crippen LogP contribution >= 0.6 is 24.8 Å². The Kier molecular flexibility index (Phi) is 7.06. The Morgan fingerprint density at radius 3 is 2.40 bits per heavy atom. The van der Waals surface area contributed by atoms with Crippen molar-refractivity contribution in [1.82, 2.24) is 14.9 Å². The molecule has 0 spiro atoms. The molecule has 0 bridgehead atoms. The van der Waals surface area contributed by atoms with Crippen molar-refractivity contribution in [3.05, 3.63) is 54.1 Å². The van der Waals surface area contributed by atoms with Crippen LogP contribution in [0.3, 0.4) is 0 Å². The minimum absolute atomic E-state index is 0. The van der Waals surface area contributed by atoms with E-state index in [2.05, 4.69) is 45.2 Å². The number of imidazole rings is 1. The number of nitrogens with one attached hydrogen (secondary N) is 1. The summed E-state index contributed by atoms with van der Waals surface area (Å²) in [5.41, 5.74) is 2.71. The van der Waals surface area contributed by atoms with Crippen LogP contribution in [0.15, 0.2) is 42.9 Å². The lowest BCUT2D eigenvalue weighted by Gasteiger charge is -2.31. The molecule has 1 aromatic carbocycles. The van der Waals surface area contributed by atoms with Crippen molar-refractivity contribution in [3.8, 4) is 0 Å². The van der Waals surface area contributed by atoms with Gasteiger partial charge in [0.05, 0.1) is 6.33 Å². The minimum atomic E-state index is 0. The van der Waals surface area contributed by atoms with E-state index in [1.807, 2.05) is 6.20 Å². The zero-order valence-corrected chi connectivity index (χ0v) is 13.0. The van der Waals surface area contributed by atoms with Gasteiger partial charge in [-0.25, -0.2) is 4.98 Å². The number of H-pyrrole nitrogens is 1. The van der Waals surface area contributed by atoms with Crippen LogP contribution < -0.4 is 0 Å². The van der Waals surface area contributed by atoms with Gasteiger partial charge in [-0.3, -0.25) is 4.90 Å². The highest BCUT2D eigenvalue weighted by Gasteiger charge is 2.20. The lowest BCUT2D eigenvalue weighted by molar-refractivity contribution is 0.203. The Morgan fingerprint density at radius 2 is 1.80 bits per heavy atom. The first-order chi connectivity index (χ1) is 8.92. The average molecular weight is 314 g/mol. The van der Waals surface area contributed by atoms with Crippen molar-refractivity contribution >= 4 is 24.8 Å². The van der Waals surface area contributed by atoms with Crippen LogP contribution in [-0.2, 0) is 6.54 Å². The highest BCUT2D eigenvalue weighted by Crippen LogP contribution is 2.28. The number of nitrogens with zero attached hydrogens (tertiary/aromatic N) is 2. The first kappa shape index (κ1) is 17.0. The largest absolute Gasteiger partial charge is 0.347 e. The van der Waals surface area contributed by atoms with Gasteiger partial charge < -0.3 is 4.98 Å². The van der Waals surface area contributed by atoms with Gasteiger partial charge in [-0.2, -0.15) is 0 Å². The second kappa shape index (κ2) is 8.30. The van der Waals surface area contributed by atoms with Crippen molar-refractivity contribution < 1.29 is 0 Å². The number of hydrogen-bond donors (Lipinski definition) is 1. The number of likely N-dealkylation sites (tertiary alicyclic amines) is 1. The molecule has 0 aliphatic carbocycles. The molecular formula is C15H21Cl2N3. The second-order valence-electron chi connectivity index (χ2n) is 5.04. The van der Waals surface area contributed by atoms with Gasteiger partial charge in [0.2, 0.25) is 0 Å². The minimum Gasteiger partial charge on any atom is -0.347 e. The third-order valence-corrected chi connectivity index (χ3v) is 3.81. The maximum atomic E-state index is 4.07. The molecule has 1 aromatic heterocycles. The fraction of sp³-hybridized carbons (Fsp3) is 0.400. The predicted octanol–water partition coefficient (Wildman–Crippen LogP) is 3.63. The van der Waals surface area contributed by atoms with E-state index in [0.29, 0.717) is 0 Å². The summed E-state index contributed by atoms with van der Waals surface area (Å²) in [5.74, 6) is 0.740. The van der Waals surface area contributed by atoms with E-state index in [9.17, 15) is 0 Å². The molecule has 1 aliphatic rings. The van der Waals surface area contributed by atoms with Crippen LogP contribution in [0.5, 0.6) is 0 Å². The van der Waals surface area contributed by atoms with Gasteiger partial charge in [0.15, 0.2) is 0 Å². The van der Waals surface area contributed by atoms with E-state index in [4.69, 9.17) is 0 Å². The molecule has 3 nitrogen and oxygen atoms in total. The highest BCUT2D eigenvalue weighted by atomic mass is 35.5. The van der Waals surface area contributed by atoms with Gasteiger partial charge >= 0.3 is 0 Å². The number of aromatic amines is 1. The van der Waals surface area contributed by atoms with Crippen LogP contribution in [-0.4, -0.2) is 28.0 Å². The molecule has 1 aliphatic heterocycles. The standard InChI is InChI=1S/C15H19N3.2ClH/c1-2-4-13(5-3-1)14-6-8-18(9-7-14)11-15-10-16-12-17-15;;/h1-5,10,12,14H,6-9,11H2,(H,16,17);2*1H. The number of piperidine rings is 1. The van der Waals surface area contributed by atoms with E-state index in [-0.39, 0.29) is 24.8 Å². The average Bonchev–Trinajstić information content (AvgIpc) is 2.94. The van der Waals surface area contributed by atoms with Crippen molar-refractivity contribution in [2.45, 2.75) is 25.3 Å². The number of benzene rings is 1. The van der Waals surface area contributed by atoms with Gasteiger partial charge in [-0.05, 0) is 37.4 Å². The van der Waals surface area contributed by atoms with E-state index >= 15 is 0 Å². The van der Waals surface area contributed by atoms with E-state index in [0.717, 1.165) is 12.5 Å². The number of rotatable bonds is 3. The Balaban J connectivity index is 0.000001000. The normalized spacial score (nSPS) is 16.2. The highest BCUT2D eigenvalue weighted by molar-refractivity contribution is 5.85. The smallest absolute Gasteiger partial charge is 0.0922 e. The molecule has 3 rings (SSSR count). The zero-order chi connectivity index (χ0) is 12.2. The van der Waals surface area contributed by atoms with Crippen molar-refractivity contribution in [3.63, 3.8) is 0 Å². The third-order valence-electron chi connectivity index (χ3n) is 3.81. The topological polar surface area (TPSA) is 31.9 Å². The molecule has 5 heteroatoms. The molecule has 110 valence electrons. The first-order valence-corrected chi connectivity index (χ1v) is 6.66. The molecule has 1 N–H and O–H groups in total. The predicted molar refractivity (Wildman–Crippen MR) is 86.8 cm³/mol. The van der Waals surface area contributed by atoms with Crippen molar-refractivity contribution in [2.75, 3.05) is 13.1 Å². The summed E-state index contributed by atoms with van der Waals surface area (Å²) in [6, 6.07) is 10.9. The third kappa shape index (κ3) is 4.23. The van der Waals surface area contributed by atoms with E-state index < -0.39 is 0 Å². The van der Waals surface area contributed by atoms with Gasteiger partial charge in [-0.1, -0.05) is 30.3 Å². The van der Waals surface area contributed by atoms with Crippen LogP contribution in [0.1, 0.15) is 30.0 Å². The van der Waals surface area contributed by atoms with Crippen LogP contribution in [0.25, 0.3) is 0 Å². The number of halogens is 2. The van der Waals surface area contributed by atoms with Gasteiger partial charge in [0.1, 0.15) is 0 Å². The fourth-order valence-corrected chi connectivity index (χ4v) is 2.76. The summed E-state index contributed by atoms with van der Waals surface area (Å²) >= 11 is 0. The molecule has 0 unspecified atom stereocenters. The molecule has 20 heavy (non-hydrogen) atoms. The molecule has 0 radical (unpaired) electrons. The van der Waals surface area contributed by atoms with Crippen LogP contribution in [0.4, 0.5) is 0 Å². The summed E-state index contributed by atoms with van der Waals surface area (Å²) in [6.45, 7) is 3.36. The Labute approximate surface area is 132 Å². The fourth-order valence-electron chi connectivity index (χ4n) is 2.76. The molecule has 0 atom stereocenters. The van der Waals surface area contributed by atoms with Crippen LogP contribution in [0, 0.1) is 0 Å². The van der Waals surface area contributed by atoms with E-state index in [1.54, 1.807) is 6.33 Å². The number of aromatic nitrogens is 2. The molecule has 2 heterocycles. The molecule has 0 amide bonds. The van der Waals surface area contributed by atoms with Gasteiger partial charge in [-0.15, -0.1) is 24.8 Å².